The van der Waals surface area contributed by atoms with E-state index in [4.69, 9.17) is 29.8 Å². The van der Waals surface area contributed by atoms with Gasteiger partial charge in [-0.1, -0.05) is 12.8 Å². The van der Waals surface area contributed by atoms with Gasteiger partial charge in [-0.25, -0.2) is 0 Å². The molecule has 0 amide bonds. The maximum Gasteiger partial charge on any atom is 0.451 e. The van der Waals surface area contributed by atoms with E-state index in [-0.39, 0.29) is 17.8 Å². The number of hydrogen-bond donors (Lipinski definition) is 3. The van der Waals surface area contributed by atoms with E-state index in [9.17, 15) is 13.2 Å². The zero-order valence-corrected chi connectivity index (χ0v) is 16.8. The first-order valence-corrected chi connectivity index (χ1v) is 9.99. The molecule has 0 bridgehead atoms. The third kappa shape index (κ3) is 7.36. The summed E-state index contributed by atoms with van der Waals surface area (Å²) in [6.07, 6.45) is 0.329. The highest BCUT2D eigenvalue weighted by atomic mass is 19.4. The van der Waals surface area contributed by atoms with Crippen LogP contribution in [0.15, 0.2) is 22.6 Å². The normalized spacial score (nSPS) is 15.9. The number of alkyl halides is 3. The van der Waals surface area contributed by atoms with Crippen molar-refractivity contribution < 1.29 is 37.2 Å². The van der Waals surface area contributed by atoms with Crippen molar-refractivity contribution in [1.29, 1.82) is 0 Å². The molecule has 170 valence electrons. The average molecular weight is 443 g/mol. The molecule has 2 heterocycles. The monoisotopic (exact) mass is 443 g/mol. The second kappa shape index (κ2) is 11.3. The summed E-state index contributed by atoms with van der Waals surface area (Å²) in [6, 6.07) is 3.72. The van der Waals surface area contributed by atoms with E-state index in [0.29, 0.717) is 36.9 Å². The summed E-state index contributed by atoms with van der Waals surface area (Å²) in [7, 11) is -1.26. The van der Waals surface area contributed by atoms with Crippen LogP contribution in [-0.2, 0) is 15.8 Å². The fourth-order valence-corrected chi connectivity index (χ4v) is 3.69. The fraction of sp³-hybridized carbons (Fsp3) is 0.579. The van der Waals surface area contributed by atoms with E-state index in [1.54, 1.807) is 0 Å². The van der Waals surface area contributed by atoms with Crippen molar-refractivity contribution in [2.45, 2.75) is 50.6 Å². The molecule has 0 aliphatic carbocycles. The number of hydrogen-bond acceptors (Lipinski definition) is 8. The first-order chi connectivity index (χ1) is 14.7. The van der Waals surface area contributed by atoms with E-state index in [0.717, 1.165) is 44.2 Å². The van der Waals surface area contributed by atoms with Gasteiger partial charge in [0.25, 0.3) is 6.01 Å². The van der Waals surface area contributed by atoms with Crippen LogP contribution in [-0.4, -0.2) is 47.4 Å². The lowest BCUT2D eigenvalue weighted by molar-refractivity contribution is -0.191. The Morgan fingerprint density at radius 1 is 1.26 bits per heavy atom. The number of piperidine rings is 1. The van der Waals surface area contributed by atoms with Crippen LogP contribution in [0.5, 0.6) is 0 Å². The Bertz CT molecular complexity index is 863. The predicted molar refractivity (Wildman–Crippen MR) is 106 cm³/mol. The summed E-state index contributed by atoms with van der Waals surface area (Å²) in [5.74, 6) is 0.358. The summed E-state index contributed by atoms with van der Waals surface area (Å²) in [4.78, 5) is 22.5. The zero-order valence-electron chi connectivity index (χ0n) is 16.8. The SMILES string of the molecule is NC(CCCCB(O)O)C1CCN(c2nc3ccc(C(F)(F)F)cc3o2)CC1.O=C=O. The van der Waals surface area contributed by atoms with E-state index in [2.05, 4.69) is 4.98 Å². The molecule has 8 nitrogen and oxygen atoms in total. The van der Waals surface area contributed by atoms with Crippen molar-refractivity contribution in [1.82, 2.24) is 4.98 Å². The number of nitrogens with two attached hydrogens (primary N) is 1. The highest BCUT2D eigenvalue weighted by Gasteiger charge is 2.31. The maximum atomic E-state index is 12.8. The van der Waals surface area contributed by atoms with Crippen LogP contribution >= 0.6 is 0 Å². The van der Waals surface area contributed by atoms with Crippen molar-refractivity contribution >= 4 is 30.4 Å². The van der Waals surface area contributed by atoms with Gasteiger partial charge in [0.1, 0.15) is 5.52 Å². The van der Waals surface area contributed by atoms with Crippen molar-refractivity contribution in [3.8, 4) is 0 Å². The van der Waals surface area contributed by atoms with Crippen molar-refractivity contribution in [3.63, 3.8) is 0 Å². The second-order valence-corrected chi connectivity index (χ2v) is 7.51. The summed E-state index contributed by atoms with van der Waals surface area (Å²) < 4.78 is 44.1. The van der Waals surface area contributed by atoms with Crippen molar-refractivity contribution in [2.75, 3.05) is 18.0 Å². The molecule has 0 spiro atoms. The average Bonchev–Trinajstić information content (AvgIpc) is 3.14. The van der Waals surface area contributed by atoms with Gasteiger partial charge >= 0.3 is 19.4 Å². The standard InChI is InChI=1S/C18H25BF3N3O3.CO2/c20-18(21,22)13-4-5-15-16(11-13)28-17(24-15)25-9-6-12(7-10-25)14(23)3-1-2-8-19(26)27;2-1-3/h4-5,11-12,14,26-27H,1-3,6-10,23H2;. The van der Waals surface area contributed by atoms with Crippen LogP contribution in [0.25, 0.3) is 11.1 Å². The molecular formula is C19H25BF3N3O5. The fourth-order valence-electron chi connectivity index (χ4n) is 3.69. The van der Waals surface area contributed by atoms with Crippen LogP contribution in [0.1, 0.15) is 37.7 Å². The van der Waals surface area contributed by atoms with E-state index < -0.39 is 18.9 Å². The number of anilines is 1. The van der Waals surface area contributed by atoms with Gasteiger partial charge in [0.05, 0.1) is 5.56 Å². The number of aromatic nitrogens is 1. The number of carbonyl (C=O) groups excluding carboxylic acids is 2. The molecule has 12 heteroatoms. The minimum absolute atomic E-state index is 0.0518. The smallest absolute Gasteiger partial charge is 0.427 e. The number of unbranched alkanes of at least 4 members (excludes halogenated alkanes) is 1. The molecule has 1 atom stereocenters. The Balaban J connectivity index is 0.00000107. The predicted octanol–water partition coefficient (Wildman–Crippen LogP) is 2.45. The number of rotatable bonds is 7. The van der Waals surface area contributed by atoms with Crippen molar-refractivity contribution in [2.24, 2.45) is 11.7 Å². The van der Waals surface area contributed by atoms with E-state index >= 15 is 0 Å². The summed E-state index contributed by atoms with van der Waals surface area (Å²) >= 11 is 0. The molecule has 1 saturated heterocycles. The zero-order chi connectivity index (χ0) is 23.0. The van der Waals surface area contributed by atoms with E-state index in [1.807, 2.05) is 4.90 Å². The van der Waals surface area contributed by atoms with Gasteiger partial charge in [-0.05, 0) is 49.7 Å². The molecule has 1 fully saturated rings. The van der Waals surface area contributed by atoms with Crippen LogP contribution in [0.2, 0.25) is 6.32 Å². The van der Waals surface area contributed by atoms with Crippen LogP contribution in [0.3, 0.4) is 0 Å². The molecule has 0 radical (unpaired) electrons. The first kappa shape index (κ1) is 24.9. The highest BCUT2D eigenvalue weighted by molar-refractivity contribution is 6.40. The third-order valence-electron chi connectivity index (χ3n) is 5.37. The molecule has 0 saturated carbocycles. The molecule has 1 aliphatic rings. The molecular weight excluding hydrogens is 418 g/mol. The molecule has 1 aliphatic heterocycles. The molecule has 4 N–H and O–H groups in total. The minimum Gasteiger partial charge on any atom is -0.427 e. The van der Waals surface area contributed by atoms with Gasteiger partial charge in [-0.2, -0.15) is 27.7 Å². The lowest BCUT2D eigenvalue weighted by Crippen LogP contribution is -2.41. The molecule has 1 unspecified atom stereocenters. The Morgan fingerprint density at radius 3 is 2.48 bits per heavy atom. The van der Waals surface area contributed by atoms with Gasteiger partial charge in [0.15, 0.2) is 5.58 Å². The van der Waals surface area contributed by atoms with Gasteiger partial charge < -0.3 is 25.1 Å². The van der Waals surface area contributed by atoms with Crippen LogP contribution in [0.4, 0.5) is 19.2 Å². The molecule has 1 aromatic carbocycles. The Morgan fingerprint density at radius 2 is 1.90 bits per heavy atom. The Hall–Kier alpha value is -2.40. The lowest BCUT2D eigenvalue weighted by Gasteiger charge is -2.34. The minimum atomic E-state index is -4.41. The van der Waals surface area contributed by atoms with E-state index in [1.165, 1.54) is 6.07 Å². The summed E-state index contributed by atoms with van der Waals surface area (Å²) in [6.45, 7) is 1.37. The highest BCUT2D eigenvalue weighted by Crippen LogP contribution is 2.33. The number of fused-ring (bicyclic) bond motifs is 1. The van der Waals surface area contributed by atoms with Gasteiger partial charge in [-0.3, -0.25) is 0 Å². The Labute approximate surface area is 177 Å². The number of nitrogens with zero attached hydrogens (tertiary/aromatic N) is 2. The van der Waals surface area contributed by atoms with Gasteiger partial charge in [0.2, 0.25) is 0 Å². The third-order valence-corrected chi connectivity index (χ3v) is 5.37. The second-order valence-electron chi connectivity index (χ2n) is 7.51. The molecule has 2 aromatic rings. The van der Waals surface area contributed by atoms with Crippen LogP contribution in [0, 0.1) is 5.92 Å². The topological polar surface area (TPSA) is 130 Å². The maximum absolute atomic E-state index is 12.8. The number of benzene rings is 1. The summed E-state index contributed by atoms with van der Waals surface area (Å²) in [5.41, 5.74) is 6.07. The molecule has 1 aromatic heterocycles. The Kier molecular flexibility index (Phi) is 9.06. The first-order valence-electron chi connectivity index (χ1n) is 9.99. The number of oxazole rings is 1. The van der Waals surface area contributed by atoms with Gasteiger partial charge in [-0.15, -0.1) is 0 Å². The molecule has 31 heavy (non-hydrogen) atoms. The van der Waals surface area contributed by atoms with Gasteiger partial charge in [0, 0.05) is 19.1 Å². The number of halogens is 3. The molecule has 3 rings (SSSR count). The van der Waals surface area contributed by atoms with Crippen LogP contribution < -0.4 is 10.6 Å². The largest absolute Gasteiger partial charge is 0.451 e. The quantitative estimate of drug-likeness (QED) is 0.440. The van der Waals surface area contributed by atoms with Crippen molar-refractivity contribution in [3.05, 3.63) is 23.8 Å². The summed E-state index contributed by atoms with van der Waals surface area (Å²) in [5, 5.41) is 17.7. The lowest BCUT2D eigenvalue weighted by atomic mass is 9.82.